The van der Waals surface area contributed by atoms with Crippen molar-refractivity contribution in [3.8, 4) is 11.1 Å². The molecule has 0 amide bonds. The van der Waals surface area contributed by atoms with E-state index >= 15 is 0 Å². The summed E-state index contributed by atoms with van der Waals surface area (Å²) in [5, 5.41) is 13.7. The monoisotopic (exact) mass is 382 g/mol. The summed E-state index contributed by atoms with van der Waals surface area (Å²) in [6.07, 6.45) is 2.65. The molecule has 0 spiro atoms. The second kappa shape index (κ2) is 8.32. The molecule has 1 saturated heterocycles. The first-order valence-electron chi connectivity index (χ1n) is 10.5. The molecule has 0 aromatic heterocycles. The van der Waals surface area contributed by atoms with Gasteiger partial charge < -0.3 is 10.4 Å². The molecule has 0 bridgehead atoms. The molecule has 3 atom stereocenters. The standard InChI is InChI=1S/C24H31FN2O/c1-16(2)26-13-22-24(23(15-28)27(22)14-17-6-7-17)19-10-8-18(9-11-19)20-4-3-5-21(25)12-20/h3-5,8-12,16-17,22-24,26,28H,6-7,13-15H2,1-2H3/t22-,23+,24+/m0/s1. The lowest BCUT2D eigenvalue weighted by molar-refractivity contribution is -0.0458. The van der Waals surface area contributed by atoms with Gasteiger partial charge in [0.15, 0.2) is 0 Å². The van der Waals surface area contributed by atoms with E-state index in [-0.39, 0.29) is 18.5 Å². The molecule has 1 heterocycles. The molecule has 2 aliphatic rings. The normalized spacial score (nSPS) is 25.1. The Bertz CT molecular complexity index is 787. The summed E-state index contributed by atoms with van der Waals surface area (Å²) in [4.78, 5) is 2.51. The zero-order valence-corrected chi connectivity index (χ0v) is 16.8. The lowest BCUT2D eigenvalue weighted by Crippen LogP contribution is -2.67. The van der Waals surface area contributed by atoms with Gasteiger partial charge in [-0.05, 0) is 47.6 Å². The van der Waals surface area contributed by atoms with Gasteiger partial charge in [-0.3, -0.25) is 4.90 Å². The number of hydrogen-bond donors (Lipinski definition) is 2. The molecular formula is C24H31FN2O. The highest BCUT2D eigenvalue weighted by Gasteiger charge is 2.49. The van der Waals surface area contributed by atoms with Gasteiger partial charge in [0.1, 0.15) is 5.82 Å². The van der Waals surface area contributed by atoms with Crippen LogP contribution in [0.3, 0.4) is 0 Å². The molecule has 150 valence electrons. The lowest BCUT2D eigenvalue weighted by Gasteiger charge is -2.55. The van der Waals surface area contributed by atoms with Crippen LogP contribution in [-0.2, 0) is 0 Å². The van der Waals surface area contributed by atoms with Crippen LogP contribution in [0.25, 0.3) is 11.1 Å². The van der Waals surface area contributed by atoms with Crippen LogP contribution in [0.4, 0.5) is 4.39 Å². The summed E-state index contributed by atoms with van der Waals surface area (Å²) >= 11 is 0. The Morgan fingerprint density at radius 1 is 1.07 bits per heavy atom. The van der Waals surface area contributed by atoms with Crippen molar-refractivity contribution in [1.82, 2.24) is 10.2 Å². The number of aliphatic hydroxyl groups excluding tert-OH is 1. The topological polar surface area (TPSA) is 35.5 Å². The molecule has 4 heteroatoms. The average molecular weight is 383 g/mol. The van der Waals surface area contributed by atoms with Crippen molar-refractivity contribution < 1.29 is 9.50 Å². The van der Waals surface area contributed by atoms with E-state index < -0.39 is 0 Å². The molecule has 2 fully saturated rings. The molecule has 2 N–H and O–H groups in total. The first-order chi connectivity index (χ1) is 13.6. The van der Waals surface area contributed by atoms with Crippen LogP contribution in [0.15, 0.2) is 48.5 Å². The van der Waals surface area contributed by atoms with E-state index in [4.69, 9.17) is 0 Å². The van der Waals surface area contributed by atoms with Crippen LogP contribution in [0, 0.1) is 11.7 Å². The second-order valence-corrected chi connectivity index (χ2v) is 8.68. The third-order valence-corrected chi connectivity index (χ3v) is 6.22. The predicted molar refractivity (Wildman–Crippen MR) is 112 cm³/mol. The Balaban J connectivity index is 1.54. The number of rotatable bonds is 8. The minimum atomic E-state index is -0.212. The van der Waals surface area contributed by atoms with Crippen molar-refractivity contribution in [2.45, 2.75) is 50.7 Å². The van der Waals surface area contributed by atoms with Crippen LogP contribution in [0.2, 0.25) is 0 Å². The van der Waals surface area contributed by atoms with Gasteiger partial charge in [0.25, 0.3) is 0 Å². The summed E-state index contributed by atoms with van der Waals surface area (Å²) in [5.41, 5.74) is 3.18. The first kappa shape index (κ1) is 19.6. The highest BCUT2D eigenvalue weighted by molar-refractivity contribution is 5.63. The number of nitrogens with one attached hydrogen (secondary N) is 1. The minimum absolute atomic E-state index is 0.194. The van der Waals surface area contributed by atoms with E-state index in [0.717, 1.165) is 30.1 Å². The van der Waals surface area contributed by atoms with E-state index in [0.29, 0.717) is 18.0 Å². The second-order valence-electron chi connectivity index (χ2n) is 8.68. The number of halogens is 1. The van der Waals surface area contributed by atoms with Crippen molar-refractivity contribution in [3.63, 3.8) is 0 Å². The molecule has 0 unspecified atom stereocenters. The Hall–Kier alpha value is -1.75. The Labute approximate surface area is 167 Å². The molecule has 1 aliphatic heterocycles. The van der Waals surface area contributed by atoms with Crippen molar-refractivity contribution in [2.75, 3.05) is 19.7 Å². The number of benzene rings is 2. The van der Waals surface area contributed by atoms with Gasteiger partial charge in [0.2, 0.25) is 0 Å². The van der Waals surface area contributed by atoms with Crippen molar-refractivity contribution in [1.29, 1.82) is 0 Å². The first-order valence-corrected chi connectivity index (χ1v) is 10.5. The van der Waals surface area contributed by atoms with Crippen LogP contribution < -0.4 is 5.32 Å². The molecule has 28 heavy (non-hydrogen) atoms. The highest BCUT2D eigenvalue weighted by Crippen LogP contribution is 2.44. The lowest BCUT2D eigenvalue weighted by atomic mass is 9.74. The van der Waals surface area contributed by atoms with Crippen molar-refractivity contribution in [2.24, 2.45) is 5.92 Å². The molecule has 3 nitrogen and oxygen atoms in total. The van der Waals surface area contributed by atoms with Crippen LogP contribution in [-0.4, -0.2) is 47.8 Å². The number of aliphatic hydroxyl groups is 1. The van der Waals surface area contributed by atoms with Gasteiger partial charge in [-0.15, -0.1) is 0 Å². The van der Waals surface area contributed by atoms with Gasteiger partial charge >= 0.3 is 0 Å². The fraction of sp³-hybridized carbons (Fsp3) is 0.500. The van der Waals surface area contributed by atoms with Gasteiger partial charge in [-0.25, -0.2) is 4.39 Å². The summed E-state index contributed by atoms with van der Waals surface area (Å²) in [6.45, 7) is 6.60. The van der Waals surface area contributed by atoms with Gasteiger partial charge in [0.05, 0.1) is 6.61 Å². The molecule has 1 aliphatic carbocycles. The van der Waals surface area contributed by atoms with Crippen LogP contribution in [0.5, 0.6) is 0 Å². The van der Waals surface area contributed by atoms with E-state index in [1.807, 2.05) is 6.07 Å². The molecule has 2 aromatic carbocycles. The zero-order chi connectivity index (χ0) is 19.7. The van der Waals surface area contributed by atoms with E-state index in [2.05, 4.69) is 48.3 Å². The smallest absolute Gasteiger partial charge is 0.123 e. The fourth-order valence-electron chi connectivity index (χ4n) is 4.51. The molecule has 4 rings (SSSR count). The van der Waals surface area contributed by atoms with E-state index in [1.54, 1.807) is 12.1 Å². The molecule has 2 aromatic rings. The zero-order valence-electron chi connectivity index (χ0n) is 16.8. The van der Waals surface area contributed by atoms with Crippen LogP contribution in [0.1, 0.15) is 38.2 Å². The van der Waals surface area contributed by atoms with E-state index in [1.165, 1.54) is 24.5 Å². The SMILES string of the molecule is CC(C)NC[C@H]1[C@@H](c2ccc(-c3cccc(F)c3)cc2)[C@@H](CO)N1CC1CC1. The van der Waals surface area contributed by atoms with Gasteiger partial charge in [0, 0.05) is 37.1 Å². The maximum Gasteiger partial charge on any atom is 0.123 e. The average Bonchev–Trinajstić information content (AvgIpc) is 3.49. The molecule has 1 saturated carbocycles. The quantitative estimate of drug-likeness (QED) is 0.724. The third kappa shape index (κ3) is 4.14. The number of likely N-dealkylation sites (tertiary alicyclic amines) is 1. The summed E-state index contributed by atoms with van der Waals surface area (Å²) < 4.78 is 13.5. The molecule has 0 radical (unpaired) electrons. The summed E-state index contributed by atoms with van der Waals surface area (Å²) in [5.74, 6) is 0.930. The highest BCUT2D eigenvalue weighted by atomic mass is 19.1. The summed E-state index contributed by atoms with van der Waals surface area (Å²) in [6, 6.07) is 16.3. The van der Waals surface area contributed by atoms with E-state index in [9.17, 15) is 9.50 Å². The van der Waals surface area contributed by atoms with Crippen LogP contribution >= 0.6 is 0 Å². The van der Waals surface area contributed by atoms with Crippen molar-refractivity contribution in [3.05, 3.63) is 59.9 Å². The minimum Gasteiger partial charge on any atom is -0.395 e. The Morgan fingerprint density at radius 3 is 2.43 bits per heavy atom. The third-order valence-electron chi connectivity index (χ3n) is 6.22. The Kier molecular flexibility index (Phi) is 5.81. The number of nitrogens with zero attached hydrogens (tertiary/aromatic N) is 1. The number of hydrogen-bond acceptors (Lipinski definition) is 3. The van der Waals surface area contributed by atoms with Gasteiger partial charge in [-0.2, -0.15) is 0 Å². The Morgan fingerprint density at radius 2 is 1.82 bits per heavy atom. The maximum absolute atomic E-state index is 13.5. The fourth-order valence-corrected chi connectivity index (χ4v) is 4.51. The summed E-state index contributed by atoms with van der Waals surface area (Å²) in [7, 11) is 0. The van der Waals surface area contributed by atoms with Crippen molar-refractivity contribution >= 4 is 0 Å². The largest absolute Gasteiger partial charge is 0.395 e. The molecular weight excluding hydrogens is 351 g/mol. The predicted octanol–water partition coefficient (Wildman–Crippen LogP) is 4.03. The maximum atomic E-state index is 13.5. The van der Waals surface area contributed by atoms with Gasteiger partial charge in [-0.1, -0.05) is 50.2 Å².